The van der Waals surface area contributed by atoms with Gasteiger partial charge in [-0.25, -0.2) is 0 Å². The summed E-state index contributed by atoms with van der Waals surface area (Å²) >= 11 is 0. The lowest BCUT2D eigenvalue weighted by molar-refractivity contribution is -0.204. The number of phenolic OH excluding ortho intramolecular Hbond substituents is 3. The Morgan fingerprint density at radius 1 is 0.830 bits per heavy atom. The number of hydrogen-bond donors (Lipinski definition) is 6. The molecule has 0 saturated heterocycles. The number of amides is 2. The average molecular weight is 651 g/mol. The van der Waals surface area contributed by atoms with Crippen LogP contribution in [0, 0.1) is 56.7 Å². The molecule has 47 heavy (non-hydrogen) atoms. The Kier molecular flexibility index (Phi) is 8.29. The zero-order valence-electron chi connectivity index (χ0n) is 29.6. The Morgan fingerprint density at radius 3 is 2.17 bits per heavy atom. The molecule has 0 aliphatic heterocycles. The van der Waals surface area contributed by atoms with Crippen LogP contribution in [0.25, 0.3) is 0 Å². The van der Waals surface area contributed by atoms with Gasteiger partial charge in [0.1, 0.15) is 0 Å². The lowest BCUT2D eigenvalue weighted by atomic mass is 9.33. The molecule has 6 N–H and O–H groups in total. The van der Waals surface area contributed by atoms with E-state index in [0.29, 0.717) is 23.7 Å². The molecule has 4 fully saturated rings. The Morgan fingerprint density at radius 2 is 1.49 bits per heavy atom. The number of aliphatic hydroxyl groups is 1. The Hall–Kier alpha value is -2.74. The molecule has 8 heteroatoms. The number of aliphatic hydroxyl groups excluding tert-OH is 1. The van der Waals surface area contributed by atoms with E-state index in [4.69, 9.17) is 0 Å². The highest BCUT2D eigenvalue weighted by Crippen LogP contribution is 2.75. The summed E-state index contributed by atoms with van der Waals surface area (Å²) in [5, 5.41) is 46.2. The van der Waals surface area contributed by atoms with Gasteiger partial charge in [0.15, 0.2) is 17.2 Å². The molecule has 0 spiro atoms. The van der Waals surface area contributed by atoms with Crippen molar-refractivity contribution in [1.29, 1.82) is 0 Å². The van der Waals surface area contributed by atoms with Gasteiger partial charge in [0.05, 0.1) is 11.5 Å². The number of carbonyl (C=O) groups is 2. The monoisotopic (exact) mass is 650 g/mol. The van der Waals surface area contributed by atoms with E-state index in [9.17, 15) is 30.0 Å². The van der Waals surface area contributed by atoms with E-state index >= 15 is 0 Å². The topological polar surface area (TPSA) is 139 Å². The highest BCUT2D eigenvalue weighted by Gasteiger charge is 2.69. The largest absolute Gasteiger partial charge is 0.504 e. The predicted molar refractivity (Wildman–Crippen MR) is 182 cm³/mol. The summed E-state index contributed by atoms with van der Waals surface area (Å²) in [6.45, 7) is 17.4. The Bertz CT molecular complexity index is 1450. The highest BCUT2D eigenvalue weighted by molar-refractivity contribution is 5.95. The number of hydrogen-bond acceptors (Lipinski definition) is 6. The van der Waals surface area contributed by atoms with Crippen LogP contribution in [0.5, 0.6) is 17.2 Å². The minimum Gasteiger partial charge on any atom is -0.504 e. The fourth-order valence-electron chi connectivity index (χ4n) is 12.2. The quantitative estimate of drug-likeness (QED) is 0.120. The number of nitrogens with one attached hydrogen (secondary N) is 2. The summed E-state index contributed by atoms with van der Waals surface area (Å²) < 4.78 is 0. The maximum Gasteiger partial charge on any atom is 0.251 e. The lowest BCUT2D eigenvalue weighted by Gasteiger charge is -2.71. The van der Waals surface area contributed by atoms with E-state index in [-0.39, 0.29) is 58.2 Å². The van der Waals surface area contributed by atoms with E-state index in [1.165, 1.54) is 5.57 Å². The number of aromatic hydroxyl groups is 3. The number of fused-ring (bicyclic) bond motifs is 7. The van der Waals surface area contributed by atoms with E-state index in [1.54, 1.807) is 0 Å². The SMILES string of the molecule is C[C@H]1[C@H](C)CC[C@]2(C(=O)NCCNC(=O)c3cc(O)c(O)c(O)c3)CC[C@]3(C)C(=CC[C@@H]4[C@@]5(C)CC[C@H](O)C(C)(C)[C@@H]5CC[C@]43C)[C@H]12. The van der Waals surface area contributed by atoms with Crippen LogP contribution >= 0.6 is 0 Å². The van der Waals surface area contributed by atoms with Crippen molar-refractivity contribution in [2.24, 2.45) is 56.7 Å². The van der Waals surface area contributed by atoms with Crippen molar-refractivity contribution >= 4 is 11.8 Å². The average Bonchev–Trinajstić information content (AvgIpc) is 3.01. The molecule has 0 heterocycles. The van der Waals surface area contributed by atoms with Crippen LogP contribution in [-0.4, -0.2) is 51.4 Å². The summed E-state index contributed by atoms with van der Waals surface area (Å²) in [4.78, 5) is 27.0. The summed E-state index contributed by atoms with van der Waals surface area (Å²) in [5.41, 5.74) is 1.31. The molecule has 0 aromatic heterocycles. The van der Waals surface area contributed by atoms with Crippen molar-refractivity contribution in [1.82, 2.24) is 10.6 Å². The molecule has 2 amide bonds. The molecule has 0 unspecified atom stereocenters. The van der Waals surface area contributed by atoms with Crippen LogP contribution in [0.2, 0.25) is 0 Å². The molecular weight excluding hydrogens is 592 g/mol. The third-order valence-electron chi connectivity index (χ3n) is 15.4. The molecule has 0 bridgehead atoms. The molecule has 8 nitrogen and oxygen atoms in total. The van der Waals surface area contributed by atoms with Crippen molar-refractivity contribution in [3.63, 3.8) is 0 Å². The first-order valence-corrected chi connectivity index (χ1v) is 18.1. The van der Waals surface area contributed by atoms with Gasteiger partial charge in [0, 0.05) is 18.7 Å². The number of carbonyl (C=O) groups excluding carboxylic acids is 2. The molecule has 1 aromatic carbocycles. The molecular formula is C39H58N2O6. The second-order valence-corrected chi connectivity index (χ2v) is 17.6. The van der Waals surface area contributed by atoms with Crippen molar-refractivity contribution in [3.8, 4) is 17.2 Å². The smallest absolute Gasteiger partial charge is 0.251 e. The standard InChI is InChI=1S/C39H58N2O6/c1-22-10-15-39(34(47)41-19-18-40-33(46)24-20-26(42)32(45)27(43)21-24)17-16-37(6)25(31(39)23(22)2)8-9-29-36(5)13-12-30(44)35(3,4)28(36)11-14-38(29,37)7/h8,20-23,28-31,42-45H,9-19H2,1-7H3,(H,40,46)(H,41,47)/t22-,23+,28+,29-,30+,31+,36+,37-,38-,39+/m1/s1. The van der Waals surface area contributed by atoms with E-state index in [0.717, 1.165) is 69.9 Å². The fourth-order valence-corrected chi connectivity index (χ4v) is 12.2. The van der Waals surface area contributed by atoms with Crippen LogP contribution in [0.4, 0.5) is 0 Å². The van der Waals surface area contributed by atoms with Crippen LogP contribution in [0.1, 0.15) is 117 Å². The maximum absolute atomic E-state index is 14.4. The van der Waals surface area contributed by atoms with Crippen molar-refractivity contribution < 1.29 is 30.0 Å². The zero-order valence-corrected chi connectivity index (χ0v) is 29.6. The van der Waals surface area contributed by atoms with Crippen LogP contribution in [0.15, 0.2) is 23.8 Å². The normalized spacial score (nSPS) is 42.1. The Balaban J connectivity index is 1.23. The molecule has 0 radical (unpaired) electrons. The van der Waals surface area contributed by atoms with E-state index in [1.807, 2.05) is 0 Å². The second kappa shape index (κ2) is 11.4. The maximum atomic E-state index is 14.4. The number of phenols is 3. The minimum absolute atomic E-state index is 0.0130. The first-order chi connectivity index (χ1) is 21.9. The number of benzene rings is 1. The predicted octanol–water partition coefficient (Wildman–Crippen LogP) is 6.67. The summed E-state index contributed by atoms with van der Waals surface area (Å²) in [7, 11) is 0. The van der Waals surface area contributed by atoms with Crippen LogP contribution in [-0.2, 0) is 4.79 Å². The summed E-state index contributed by atoms with van der Waals surface area (Å²) in [6.07, 6.45) is 11.4. The van der Waals surface area contributed by atoms with Crippen LogP contribution < -0.4 is 10.6 Å². The van der Waals surface area contributed by atoms with Gasteiger partial charge in [-0.2, -0.15) is 0 Å². The molecule has 10 atom stereocenters. The zero-order chi connectivity index (χ0) is 34.3. The first-order valence-electron chi connectivity index (χ1n) is 18.1. The summed E-state index contributed by atoms with van der Waals surface area (Å²) in [5.74, 6) is -0.0928. The van der Waals surface area contributed by atoms with Gasteiger partial charge in [-0.05, 0) is 121 Å². The van der Waals surface area contributed by atoms with E-state index in [2.05, 4.69) is 65.2 Å². The summed E-state index contributed by atoms with van der Waals surface area (Å²) in [6, 6.07) is 2.20. The lowest BCUT2D eigenvalue weighted by Crippen LogP contribution is -2.66. The molecule has 260 valence electrons. The minimum atomic E-state index is -0.667. The highest BCUT2D eigenvalue weighted by atomic mass is 16.3. The second-order valence-electron chi connectivity index (χ2n) is 17.6. The third-order valence-corrected chi connectivity index (χ3v) is 15.4. The van der Waals surface area contributed by atoms with E-state index < -0.39 is 28.6 Å². The molecule has 5 aliphatic carbocycles. The van der Waals surface area contributed by atoms with Gasteiger partial charge in [-0.3, -0.25) is 9.59 Å². The van der Waals surface area contributed by atoms with Gasteiger partial charge in [-0.1, -0.05) is 60.1 Å². The van der Waals surface area contributed by atoms with Crippen LogP contribution in [0.3, 0.4) is 0 Å². The number of rotatable bonds is 5. The first kappa shape index (κ1) is 34.1. The Labute approximate surface area is 280 Å². The van der Waals surface area contributed by atoms with Crippen molar-refractivity contribution in [2.75, 3.05) is 13.1 Å². The molecule has 4 saturated carbocycles. The number of allylic oxidation sites excluding steroid dienone is 2. The molecule has 5 aliphatic rings. The van der Waals surface area contributed by atoms with Gasteiger partial charge in [-0.15, -0.1) is 0 Å². The van der Waals surface area contributed by atoms with Crippen molar-refractivity contribution in [3.05, 3.63) is 29.3 Å². The molecule has 6 rings (SSSR count). The molecule has 1 aromatic rings. The van der Waals surface area contributed by atoms with Crippen molar-refractivity contribution in [2.45, 2.75) is 112 Å². The van der Waals surface area contributed by atoms with Gasteiger partial charge in [0.25, 0.3) is 5.91 Å². The third kappa shape index (κ3) is 4.85. The van der Waals surface area contributed by atoms with Gasteiger partial charge >= 0.3 is 0 Å². The van der Waals surface area contributed by atoms with Gasteiger partial charge < -0.3 is 31.1 Å². The van der Waals surface area contributed by atoms with Gasteiger partial charge in [0.2, 0.25) is 5.91 Å². The fraction of sp³-hybridized carbons (Fsp3) is 0.744.